The molecule has 0 fully saturated rings. The van der Waals surface area contributed by atoms with Crippen molar-refractivity contribution in [1.82, 2.24) is 15.8 Å². The molecule has 2 aromatic heterocycles. The lowest BCUT2D eigenvalue weighted by Crippen LogP contribution is -2.44. The average molecular weight is 436 g/mol. The van der Waals surface area contributed by atoms with Gasteiger partial charge in [0.2, 0.25) is 0 Å². The van der Waals surface area contributed by atoms with Crippen LogP contribution in [-0.4, -0.2) is 23.3 Å². The number of benzene rings is 1. The van der Waals surface area contributed by atoms with E-state index >= 15 is 0 Å². The minimum absolute atomic E-state index is 0.0634. The zero-order valence-electron chi connectivity index (χ0n) is 16.4. The molecule has 30 heavy (non-hydrogen) atoms. The van der Waals surface area contributed by atoms with Crippen molar-refractivity contribution in [3.8, 4) is 0 Å². The van der Waals surface area contributed by atoms with Crippen LogP contribution < -0.4 is 16.2 Å². The summed E-state index contributed by atoms with van der Waals surface area (Å²) in [7, 11) is 0. The number of hydrazine groups is 1. The number of anilines is 1. The minimum atomic E-state index is -4.56. The second-order valence-electron chi connectivity index (χ2n) is 6.78. The van der Waals surface area contributed by atoms with Gasteiger partial charge in [-0.2, -0.15) is 13.2 Å². The predicted octanol–water partition coefficient (Wildman–Crippen LogP) is 4.11. The van der Waals surface area contributed by atoms with Gasteiger partial charge in [0.15, 0.2) is 0 Å². The number of alkyl halides is 3. The van der Waals surface area contributed by atoms with E-state index in [-0.39, 0.29) is 16.3 Å². The second kappa shape index (κ2) is 8.31. The number of rotatable bonds is 4. The van der Waals surface area contributed by atoms with Crippen LogP contribution in [0.4, 0.5) is 18.9 Å². The number of halogens is 3. The summed E-state index contributed by atoms with van der Waals surface area (Å²) in [4.78, 5) is 28.3. The Balaban J connectivity index is 1.63. The summed E-state index contributed by atoms with van der Waals surface area (Å²) >= 11 is 0.837. The van der Waals surface area contributed by atoms with E-state index in [1.54, 1.807) is 6.92 Å². The highest BCUT2D eigenvalue weighted by Gasteiger charge is 2.33. The summed E-state index contributed by atoms with van der Waals surface area (Å²) in [5.41, 5.74) is 6.95. The second-order valence-corrected chi connectivity index (χ2v) is 7.78. The molecule has 2 amide bonds. The van der Waals surface area contributed by atoms with Gasteiger partial charge >= 0.3 is 6.18 Å². The Morgan fingerprint density at radius 1 is 1.07 bits per heavy atom. The first-order valence-electron chi connectivity index (χ1n) is 8.94. The number of pyridine rings is 1. The Labute approximate surface area is 174 Å². The van der Waals surface area contributed by atoms with E-state index in [0.717, 1.165) is 34.2 Å². The molecule has 3 N–H and O–H groups in total. The highest BCUT2D eigenvalue weighted by atomic mass is 32.1. The maximum atomic E-state index is 12.8. The van der Waals surface area contributed by atoms with Crippen LogP contribution in [0.3, 0.4) is 0 Å². The molecule has 0 spiro atoms. The maximum Gasteiger partial charge on any atom is 0.433 e. The number of amides is 2. The highest BCUT2D eigenvalue weighted by Crippen LogP contribution is 2.34. The molecule has 3 rings (SSSR count). The Bertz CT molecular complexity index is 1130. The molecule has 0 aliphatic carbocycles. The van der Waals surface area contributed by atoms with Crippen molar-refractivity contribution in [2.45, 2.75) is 26.9 Å². The number of hydrogen-bond donors (Lipinski definition) is 3. The number of carbonyl (C=O) groups is 2. The topological polar surface area (TPSA) is 83.1 Å². The van der Waals surface area contributed by atoms with Crippen molar-refractivity contribution in [3.05, 3.63) is 57.6 Å². The Kier molecular flexibility index (Phi) is 5.97. The van der Waals surface area contributed by atoms with Gasteiger partial charge in [-0.1, -0.05) is 17.7 Å². The molecule has 0 saturated heterocycles. The van der Waals surface area contributed by atoms with Crippen LogP contribution in [-0.2, 0) is 11.0 Å². The maximum absolute atomic E-state index is 12.8. The molecule has 0 aliphatic rings. The van der Waals surface area contributed by atoms with E-state index in [9.17, 15) is 22.8 Å². The van der Waals surface area contributed by atoms with Gasteiger partial charge in [0.1, 0.15) is 10.5 Å². The van der Waals surface area contributed by atoms with Gasteiger partial charge < -0.3 is 5.32 Å². The van der Waals surface area contributed by atoms with Crippen LogP contribution in [0.5, 0.6) is 0 Å². The fraction of sp³-hybridized carbons (Fsp3) is 0.250. The van der Waals surface area contributed by atoms with Crippen LogP contribution in [0.25, 0.3) is 10.2 Å². The number of nitrogens with one attached hydrogen (secondary N) is 3. The molecule has 0 aliphatic heterocycles. The molecule has 2 heterocycles. The fourth-order valence-electron chi connectivity index (χ4n) is 2.89. The predicted molar refractivity (Wildman–Crippen MR) is 109 cm³/mol. The van der Waals surface area contributed by atoms with E-state index in [1.165, 1.54) is 6.07 Å². The lowest BCUT2D eigenvalue weighted by atomic mass is 10.1. The molecular weight excluding hydrogens is 417 g/mol. The zero-order valence-corrected chi connectivity index (χ0v) is 17.2. The third kappa shape index (κ3) is 4.70. The number of aromatic nitrogens is 1. The van der Waals surface area contributed by atoms with Gasteiger partial charge in [-0.25, -0.2) is 4.98 Å². The van der Waals surface area contributed by atoms with E-state index in [2.05, 4.69) is 21.2 Å². The fourth-order valence-corrected chi connectivity index (χ4v) is 3.96. The SMILES string of the molecule is Cc1ccc(NCC(=O)NNC(=O)c2sc3nc(C(F)(F)F)ccc3c2C)c(C)c1. The highest BCUT2D eigenvalue weighted by molar-refractivity contribution is 7.20. The molecule has 158 valence electrons. The number of fused-ring (bicyclic) bond motifs is 1. The summed E-state index contributed by atoms with van der Waals surface area (Å²) in [6.07, 6.45) is -4.56. The normalized spacial score (nSPS) is 11.4. The lowest BCUT2D eigenvalue weighted by molar-refractivity contribution is -0.140. The number of aryl methyl sites for hydroxylation is 3. The van der Waals surface area contributed by atoms with Crippen LogP contribution >= 0.6 is 11.3 Å². The molecule has 0 atom stereocenters. The smallest absolute Gasteiger partial charge is 0.376 e. The van der Waals surface area contributed by atoms with E-state index in [0.29, 0.717) is 10.9 Å². The molecule has 0 radical (unpaired) electrons. The summed E-state index contributed by atoms with van der Waals surface area (Å²) in [6, 6.07) is 7.92. The first-order chi connectivity index (χ1) is 14.1. The van der Waals surface area contributed by atoms with Crippen molar-refractivity contribution in [2.24, 2.45) is 0 Å². The van der Waals surface area contributed by atoms with Crippen LogP contribution in [0.15, 0.2) is 30.3 Å². The molecule has 0 saturated carbocycles. The molecule has 0 unspecified atom stereocenters. The molecular formula is C20H19F3N4O2S. The van der Waals surface area contributed by atoms with Crippen molar-refractivity contribution < 1.29 is 22.8 Å². The summed E-state index contributed by atoms with van der Waals surface area (Å²) in [5, 5.41) is 3.44. The first-order valence-corrected chi connectivity index (χ1v) is 9.75. The van der Waals surface area contributed by atoms with Gasteiger partial charge in [0.05, 0.1) is 11.4 Å². The number of carbonyl (C=O) groups excluding carboxylic acids is 2. The standard InChI is InChI=1S/C20H19F3N4O2S/c1-10-4-6-14(11(2)8-10)24-9-16(28)26-27-18(29)17-12(3)13-5-7-15(20(21,22)23)25-19(13)30-17/h4-8,24H,9H2,1-3H3,(H,26,28)(H,27,29). The molecule has 6 nitrogen and oxygen atoms in total. The van der Waals surface area contributed by atoms with E-state index in [1.807, 2.05) is 32.0 Å². The Morgan fingerprint density at radius 2 is 1.80 bits per heavy atom. The molecule has 1 aromatic carbocycles. The molecule has 0 bridgehead atoms. The van der Waals surface area contributed by atoms with Crippen molar-refractivity contribution in [2.75, 3.05) is 11.9 Å². The van der Waals surface area contributed by atoms with Gasteiger partial charge in [0, 0.05) is 11.1 Å². The summed E-state index contributed by atoms with van der Waals surface area (Å²) in [6.45, 7) is 5.43. The van der Waals surface area contributed by atoms with Crippen LogP contribution in [0.1, 0.15) is 32.1 Å². The van der Waals surface area contributed by atoms with Gasteiger partial charge in [-0.3, -0.25) is 20.4 Å². The third-order valence-corrected chi connectivity index (χ3v) is 5.64. The number of thiophene rings is 1. The molecule has 10 heteroatoms. The Morgan fingerprint density at radius 3 is 2.47 bits per heavy atom. The minimum Gasteiger partial charge on any atom is -0.376 e. The van der Waals surface area contributed by atoms with Crippen molar-refractivity contribution in [3.63, 3.8) is 0 Å². The van der Waals surface area contributed by atoms with Gasteiger partial charge in [-0.05, 0) is 50.1 Å². The van der Waals surface area contributed by atoms with E-state index in [4.69, 9.17) is 0 Å². The summed E-state index contributed by atoms with van der Waals surface area (Å²) in [5.74, 6) is -1.09. The number of hydrogen-bond acceptors (Lipinski definition) is 5. The number of nitrogens with zero attached hydrogens (tertiary/aromatic N) is 1. The van der Waals surface area contributed by atoms with Gasteiger partial charge in [-0.15, -0.1) is 11.3 Å². The quantitative estimate of drug-likeness (QED) is 0.538. The van der Waals surface area contributed by atoms with Crippen molar-refractivity contribution >= 4 is 39.1 Å². The van der Waals surface area contributed by atoms with Crippen LogP contribution in [0, 0.1) is 20.8 Å². The lowest BCUT2D eigenvalue weighted by Gasteiger charge is -2.11. The summed E-state index contributed by atoms with van der Waals surface area (Å²) < 4.78 is 38.5. The molecule has 3 aromatic rings. The van der Waals surface area contributed by atoms with E-state index < -0.39 is 23.7 Å². The average Bonchev–Trinajstić information content (AvgIpc) is 3.01. The monoisotopic (exact) mass is 436 g/mol. The van der Waals surface area contributed by atoms with Gasteiger partial charge in [0.25, 0.3) is 11.8 Å². The first kappa shape index (κ1) is 21.6. The van der Waals surface area contributed by atoms with Crippen molar-refractivity contribution in [1.29, 1.82) is 0 Å². The van der Waals surface area contributed by atoms with Crippen LogP contribution in [0.2, 0.25) is 0 Å². The Hall–Kier alpha value is -3.14. The zero-order chi connectivity index (χ0) is 22.1. The largest absolute Gasteiger partial charge is 0.433 e. The third-order valence-electron chi connectivity index (χ3n) is 4.44.